The van der Waals surface area contributed by atoms with E-state index in [0.29, 0.717) is 13.0 Å². The largest absolute Gasteiger partial charge is 0.395 e. The molecule has 1 aromatic carbocycles. The Bertz CT molecular complexity index is 539. The fraction of sp³-hybridized carbons (Fsp3) is 0.429. The lowest BCUT2D eigenvalue weighted by Crippen LogP contribution is -2.36. The average Bonchev–Trinajstić information content (AvgIpc) is 2.44. The number of anilines is 1. The lowest BCUT2D eigenvalue weighted by molar-refractivity contribution is -0.122. The van der Waals surface area contributed by atoms with Crippen molar-refractivity contribution in [2.75, 3.05) is 18.5 Å². The molecule has 0 saturated heterocycles. The van der Waals surface area contributed by atoms with E-state index in [0.717, 1.165) is 29.8 Å². The molecule has 19 heavy (non-hydrogen) atoms. The van der Waals surface area contributed by atoms with Crippen molar-refractivity contribution < 1.29 is 9.90 Å². The Morgan fingerprint density at radius 2 is 2.37 bits per heavy atom. The van der Waals surface area contributed by atoms with Crippen molar-refractivity contribution in [2.24, 2.45) is 11.0 Å². The van der Waals surface area contributed by atoms with Crippen molar-refractivity contribution in [3.63, 3.8) is 0 Å². The van der Waals surface area contributed by atoms with Crippen molar-refractivity contribution in [1.29, 1.82) is 0 Å². The van der Waals surface area contributed by atoms with Gasteiger partial charge in [0.05, 0.1) is 12.3 Å². The summed E-state index contributed by atoms with van der Waals surface area (Å²) < 4.78 is 0. The molecule has 5 nitrogen and oxygen atoms in total. The summed E-state index contributed by atoms with van der Waals surface area (Å²) in [7, 11) is 0. The lowest BCUT2D eigenvalue weighted by Gasteiger charge is -2.29. The Hall–Kier alpha value is -1.88. The SMILES string of the molecule is O=C1CC2CCc3cc(NCCO)ccc3C2=NN1. The number of aliphatic hydroxyl groups excluding tert-OH is 1. The number of rotatable bonds is 3. The van der Waals surface area contributed by atoms with Gasteiger partial charge in [-0.05, 0) is 30.5 Å². The summed E-state index contributed by atoms with van der Waals surface area (Å²) in [5.74, 6) is 0.274. The van der Waals surface area contributed by atoms with Crippen molar-refractivity contribution in [1.82, 2.24) is 5.43 Å². The second kappa shape index (κ2) is 5.01. The number of carbonyl (C=O) groups excluding carboxylic acids is 1. The number of benzene rings is 1. The molecule has 2 aliphatic rings. The maximum atomic E-state index is 11.4. The van der Waals surface area contributed by atoms with Gasteiger partial charge in [-0.1, -0.05) is 6.07 Å². The predicted octanol–water partition coefficient (Wildman–Crippen LogP) is 0.877. The van der Waals surface area contributed by atoms with E-state index in [1.54, 1.807) is 0 Å². The van der Waals surface area contributed by atoms with Gasteiger partial charge in [0.1, 0.15) is 0 Å². The first kappa shape index (κ1) is 12.2. The number of aliphatic hydroxyl groups is 1. The van der Waals surface area contributed by atoms with Gasteiger partial charge in [-0.25, -0.2) is 5.43 Å². The summed E-state index contributed by atoms with van der Waals surface area (Å²) in [5.41, 5.74) is 7.00. The minimum absolute atomic E-state index is 0.0124. The molecule has 1 aromatic rings. The van der Waals surface area contributed by atoms with Crippen LogP contribution in [-0.4, -0.2) is 29.9 Å². The second-order valence-electron chi connectivity index (χ2n) is 4.99. The van der Waals surface area contributed by atoms with Crippen LogP contribution in [0.1, 0.15) is 24.0 Å². The van der Waals surface area contributed by atoms with Crippen LogP contribution < -0.4 is 10.7 Å². The molecule has 0 bridgehead atoms. The van der Waals surface area contributed by atoms with Gasteiger partial charge >= 0.3 is 0 Å². The number of amides is 1. The molecular formula is C14H17N3O2. The van der Waals surface area contributed by atoms with Gasteiger partial charge < -0.3 is 10.4 Å². The molecule has 0 radical (unpaired) electrons. The van der Waals surface area contributed by atoms with Crippen LogP contribution in [0.3, 0.4) is 0 Å². The predicted molar refractivity (Wildman–Crippen MR) is 73.1 cm³/mol. The third kappa shape index (κ3) is 2.33. The number of nitrogens with zero attached hydrogens (tertiary/aromatic N) is 1. The van der Waals surface area contributed by atoms with Crippen LogP contribution in [0.2, 0.25) is 0 Å². The number of carbonyl (C=O) groups is 1. The van der Waals surface area contributed by atoms with Gasteiger partial charge in [-0.2, -0.15) is 5.10 Å². The molecule has 0 aromatic heterocycles. The van der Waals surface area contributed by atoms with Crippen LogP contribution in [0.5, 0.6) is 0 Å². The van der Waals surface area contributed by atoms with Crippen LogP contribution in [0.15, 0.2) is 23.3 Å². The molecule has 5 heteroatoms. The molecule has 3 N–H and O–H groups in total. The van der Waals surface area contributed by atoms with E-state index in [4.69, 9.17) is 5.11 Å². The number of hydrogen-bond donors (Lipinski definition) is 3. The molecule has 1 atom stereocenters. The topological polar surface area (TPSA) is 73.7 Å². The number of aryl methyl sites for hydroxylation is 1. The van der Waals surface area contributed by atoms with E-state index in [2.05, 4.69) is 28.0 Å². The second-order valence-corrected chi connectivity index (χ2v) is 4.99. The summed E-state index contributed by atoms with van der Waals surface area (Å²) in [5, 5.41) is 16.2. The Balaban J connectivity index is 1.90. The Morgan fingerprint density at radius 3 is 3.21 bits per heavy atom. The van der Waals surface area contributed by atoms with Gasteiger partial charge in [0.15, 0.2) is 0 Å². The summed E-state index contributed by atoms with van der Waals surface area (Å²) in [6.45, 7) is 0.677. The van der Waals surface area contributed by atoms with Gasteiger partial charge in [0.2, 0.25) is 5.91 Å². The Kier molecular flexibility index (Phi) is 3.21. The summed E-state index contributed by atoms with van der Waals surface area (Å²) >= 11 is 0. The van der Waals surface area contributed by atoms with Crippen LogP contribution >= 0.6 is 0 Å². The zero-order valence-corrected chi connectivity index (χ0v) is 10.6. The summed E-state index contributed by atoms with van der Waals surface area (Å²) in [6.07, 6.45) is 2.49. The lowest BCUT2D eigenvalue weighted by atomic mass is 9.79. The molecule has 3 rings (SSSR count). The fourth-order valence-electron chi connectivity index (χ4n) is 2.79. The first-order valence-electron chi connectivity index (χ1n) is 6.62. The smallest absolute Gasteiger partial charge is 0.240 e. The van der Waals surface area contributed by atoms with Crippen LogP contribution in [0.4, 0.5) is 5.69 Å². The normalized spacial score (nSPS) is 21.0. The van der Waals surface area contributed by atoms with Crippen molar-refractivity contribution in [3.05, 3.63) is 29.3 Å². The highest BCUT2D eigenvalue weighted by molar-refractivity contribution is 6.07. The molecular weight excluding hydrogens is 242 g/mol. The highest BCUT2D eigenvalue weighted by atomic mass is 16.3. The minimum atomic E-state index is 0.0124. The third-order valence-corrected chi connectivity index (χ3v) is 3.70. The Labute approximate surface area is 111 Å². The molecule has 1 aliphatic heterocycles. The Morgan fingerprint density at radius 1 is 1.47 bits per heavy atom. The molecule has 1 unspecified atom stereocenters. The van der Waals surface area contributed by atoms with E-state index in [1.165, 1.54) is 5.56 Å². The highest BCUT2D eigenvalue weighted by Gasteiger charge is 2.30. The van der Waals surface area contributed by atoms with Gasteiger partial charge in [0, 0.05) is 30.1 Å². The highest BCUT2D eigenvalue weighted by Crippen LogP contribution is 2.31. The van der Waals surface area contributed by atoms with E-state index >= 15 is 0 Å². The van der Waals surface area contributed by atoms with E-state index < -0.39 is 0 Å². The standard InChI is InChI=1S/C14H17N3O2/c18-6-5-15-11-3-4-12-9(7-11)1-2-10-8-13(19)16-17-14(10)12/h3-4,7,10,15,18H,1-2,5-6,8H2,(H,16,19). The van der Waals surface area contributed by atoms with Crippen molar-refractivity contribution in [2.45, 2.75) is 19.3 Å². The molecule has 0 saturated carbocycles. The van der Waals surface area contributed by atoms with Gasteiger partial charge in [-0.3, -0.25) is 4.79 Å². The van der Waals surface area contributed by atoms with E-state index in [1.807, 2.05) is 6.07 Å². The minimum Gasteiger partial charge on any atom is -0.395 e. The molecule has 1 aliphatic carbocycles. The monoisotopic (exact) mass is 259 g/mol. The van der Waals surface area contributed by atoms with Gasteiger partial charge in [-0.15, -0.1) is 0 Å². The molecule has 100 valence electrons. The summed E-state index contributed by atoms with van der Waals surface area (Å²) in [4.78, 5) is 11.4. The number of fused-ring (bicyclic) bond motifs is 3. The maximum Gasteiger partial charge on any atom is 0.240 e. The first-order valence-corrected chi connectivity index (χ1v) is 6.62. The molecule has 1 amide bonds. The zero-order chi connectivity index (χ0) is 13.2. The first-order chi connectivity index (χ1) is 9.28. The number of hydrogen-bond acceptors (Lipinski definition) is 4. The maximum absolute atomic E-state index is 11.4. The number of hydrazone groups is 1. The molecule has 0 fully saturated rings. The molecule has 0 spiro atoms. The zero-order valence-electron chi connectivity index (χ0n) is 10.6. The number of nitrogens with one attached hydrogen (secondary N) is 2. The summed E-state index contributed by atoms with van der Waals surface area (Å²) in [6, 6.07) is 6.16. The quantitative estimate of drug-likeness (QED) is 0.754. The van der Waals surface area contributed by atoms with Crippen LogP contribution in [0.25, 0.3) is 0 Å². The fourth-order valence-corrected chi connectivity index (χ4v) is 2.79. The third-order valence-electron chi connectivity index (χ3n) is 3.70. The van der Waals surface area contributed by atoms with Gasteiger partial charge in [0.25, 0.3) is 0 Å². The van der Waals surface area contributed by atoms with Crippen LogP contribution in [0, 0.1) is 5.92 Å². The average molecular weight is 259 g/mol. The van der Waals surface area contributed by atoms with E-state index in [-0.39, 0.29) is 18.4 Å². The van der Waals surface area contributed by atoms with Crippen molar-refractivity contribution >= 4 is 17.3 Å². The molecule has 1 heterocycles. The van der Waals surface area contributed by atoms with Crippen molar-refractivity contribution in [3.8, 4) is 0 Å². The van der Waals surface area contributed by atoms with E-state index in [9.17, 15) is 4.79 Å². The van der Waals surface area contributed by atoms with Crippen LogP contribution in [-0.2, 0) is 11.2 Å².